The molecule has 1 heterocycles. The minimum Gasteiger partial charge on any atom is -0.393 e. The highest BCUT2D eigenvalue weighted by molar-refractivity contribution is 5.51. The highest BCUT2D eigenvalue weighted by Gasteiger charge is 2.22. The number of hydrogen-bond donors (Lipinski definition) is 1. The van der Waals surface area contributed by atoms with Crippen molar-refractivity contribution in [3.8, 4) is 0 Å². The van der Waals surface area contributed by atoms with E-state index in [1.807, 2.05) is 6.92 Å². The lowest BCUT2D eigenvalue weighted by atomic mass is 9.92. The first-order valence-corrected chi connectivity index (χ1v) is 6.25. The topological polar surface area (TPSA) is 66.6 Å². The molecule has 18 heavy (non-hydrogen) atoms. The van der Waals surface area contributed by atoms with Crippen LogP contribution in [0, 0.1) is 16.0 Å². The largest absolute Gasteiger partial charge is 0.393 e. The van der Waals surface area contributed by atoms with E-state index in [-0.39, 0.29) is 16.7 Å². The number of non-ortho nitro benzene ring substituents is 1. The van der Waals surface area contributed by atoms with Crippen molar-refractivity contribution in [1.82, 2.24) is 0 Å². The SMILES string of the molecule is CC(O)C1CCN(c2ccc([N+](=O)[O-])cc2)CC1. The second-order valence-corrected chi connectivity index (χ2v) is 4.84. The predicted octanol–water partition coefficient (Wildman–Crippen LogP) is 2.19. The fourth-order valence-corrected chi connectivity index (χ4v) is 2.43. The van der Waals surface area contributed by atoms with Crippen LogP contribution in [0.4, 0.5) is 11.4 Å². The minimum atomic E-state index is -0.385. The van der Waals surface area contributed by atoms with Crippen LogP contribution < -0.4 is 4.90 Å². The number of piperidine rings is 1. The fourth-order valence-electron chi connectivity index (χ4n) is 2.43. The lowest BCUT2D eigenvalue weighted by Crippen LogP contribution is -2.36. The van der Waals surface area contributed by atoms with Crippen LogP contribution in [-0.2, 0) is 0 Å². The van der Waals surface area contributed by atoms with Gasteiger partial charge in [-0.05, 0) is 37.8 Å². The molecule has 1 saturated heterocycles. The first-order valence-electron chi connectivity index (χ1n) is 6.25. The van der Waals surface area contributed by atoms with Gasteiger partial charge in [0.15, 0.2) is 0 Å². The van der Waals surface area contributed by atoms with Crippen LogP contribution in [0.15, 0.2) is 24.3 Å². The van der Waals surface area contributed by atoms with Crippen molar-refractivity contribution in [3.05, 3.63) is 34.4 Å². The molecule has 5 nitrogen and oxygen atoms in total. The smallest absolute Gasteiger partial charge is 0.269 e. The zero-order chi connectivity index (χ0) is 13.1. The Morgan fingerprint density at radius 3 is 2.33 bits per heavy atom. The molecule has 0 aromatic heterocycles. The summed E-state index contributed by atoms with van der Waals surface area (Å²) in [5, 5.41) is 20.1. The maximum atomic E-state index is 10.6. The van der Waals surface area contributed by atoms with Crippen molar-refractivity contribution >= 4 is 11.4 Å². The molecule has 1 aliphatic rings. The monoisotopic (exact) mass is 250 g/mol. The lowest BCUT2D eigenvalue weighted by Gasteiger charge is -2.34. The van der Waals surface area contributed by atoms with Gasteiger partial charge in [-0.2, -0.15) is 0 Å². The first-order chi connectivity index (χ1) is 8.58. The van der Waals surface area contributed by atoms with Gasteiger partial charge in [-0.1, -0.05) is 0 Å². The maximum Gasteiger partial charge on any atom is 0.269 e. The van der Waals surface area contributed by atoms with Gasteiger partial charge in [-0.25, -0.2) is 0 Å². The number of nitrogens with zero attached hydrogens (tertiary/aromatic N) is 2. The molecule has 0 spiro atoms. The summed E-state index contributed by atoms with van der Waals surface area (Å²) >= 11 is 0. The van der Waals surface area contributed by atoms with Crippen LogP contribution >= 0.6 is 0 Å². The van der Waals surface area contributed by atoms with Crippen molar-refractivity contribution in [2.45, 2.75) is 25.9 Å². The Balaban J connectivity index is 1.99. The van der Waals surface area contributed by atoms with E-state index in [1.165, 1.54) is 12.1 Å². The summed E-state index contributed by atoms with van der Waals surface area (Å²) in [6, 6.07) is 6.66. The first kappa shape index (κ1) is 12.8. The van der Waals surface area contributed by atoms with Gasteiger partial charge in [0.1, 0.15) is 0 Å². The molecular formula is C13H18N2O3. The average Bonchev–Trinajstić information content (AvgIpc) is 2.39. The van der Waals surface area contributed by atoms with E-state index in [1.54, 1.807) is 12.1 Å². The molecule has 1 fully saturated rings. The van der Waals surface area contributed by atoms with Crippen LogP contribution in [0.5, 0.6) is 0 Å². The third-order valence-electron chi connectivity index (χ3n) is 3.65. The Morgan fingerprint density at radius 2 is 1.89 bits per heavy atom. The molecule has 1 unspecified atom stereocenters. The normalized spacial score (nSPS) is 18.7. The third-order valence-corrected chi connectivity index (χ3v) is 3.65. The van der Waals surface area contributed by atoms with Crippen molar-refractivity contribution in [1.29, 1.82) is 0 Å². The molecule has 1 aliphatic heterocycles. The van der Waals surface area contributed by atoms with Crippen LogP contribution in [0.25, 0.3) is 0 Å². The summed E-state index contributed by atoms with van der Waals surface area (Å²) in [6.45, 7) is 3.63. The van der Waals surface area contributed by atoms with Gasteiger partial charge in [0.2, 0.25) is 0 Å². The van der Waals surface area contributed by atoms with Crippen LogP contribution in [-0.4, -0.2) is 29.2 Å². The zero-order valence-electron chi connectivity index (χ0n) is 10.5. The van der Waals surface area contributed by atoms with Crippen LogP contribution in [0.1, 0.15) is 19.8 Å². The average molecular weight is 250 g/mol. The van der Waals surface area contributed by atoms with Gasteiger partial charge in [0.25, 0.3) is 5.69 Å². The van der Waals surface area contributed by atoms with Crippen molar-refractivity contribution in [2.75, 3.05) is 18.0 Å². The van der Waals surface area contributed by atoms with Crippen LogP contribution in [0.2, 0.25) is 0 Å². The number of aliphatic hydroxyl groups excluding tert-OH is 1. The molecule has 5 heteroatoms. The Bertz CT molecular complexity index is 409. The number of hydrogen-bond acceptors (Lipinski definition) is 4. The zero-order valence-corrected chi connectivity index (χ0v) is 10.5. The summed E-state index contributed by atoms with van der Waals surface area (Å²) in [6.07, 6.45) is 1.69. The summed E-state index contributed by atoms with van der Waals surface area (Å²) < 4.78 is 0. The number of anilines is 1. The second kappa shape index (κ2) is 5.35. The summed E-state index contributed by atoms with van der Waals surface area (Å²) in [7, 11) is 0. The Kier molecular flexibility index (Phi) is 3.81. The van der Waals surface area contributed by atoms with Crippen LogP contribution in [0.3, 0.4) is 0 Å². The molecule has 98 valence electrons. The molecule has 0 amide bonds. The molecule has 0 aliphatic carbocycles. The molecule has 0 radical (unpaired) electrons. The van der Waals surface area contributed by atoms with E-state index in [2.05, 4.69) is 4.90 Å². The Labute approximate surface area is 106 Å². The van der Waals surface area contributed by atoms with Gasteiger partial charge in [0.05, 0.1) is 11.0 Å². The third kappa shape index (κ3) is 2.79. The number of benzene rings is 1. The number of rotatable bonds is 3. The van der Waals surface area contributed by atoms with E-state index >= 15 is 0 Å². The van der Waals surface area contributed by atoms with Gasteiger partial charge in [0, 0.05) is 30.9 Å². The molecule has 1 atom stereocenters. The fraction of sp³-hybridized carbons (Fsp3) is 0.538. The number of aliphatic hydroxyl groups is 1. The highest BCUT2D eigenvalue weighted by atomic mass is 16.6. The van der Waals surface area contributed by atoms with E-state index in [0.29, 0.717) is 5.92 Å². The lowest BCUT2D eigenvalue weighted by molar-refractivity contribution is -0.384. The summed E-state index contributed by atoms with van der Waals surface area (Å²) in [5.41, 5.74) is 1.14. The number of nitro benzene ring substituents is 1. The van der Waals surface area contributed by atoms with Gasteiger partial charge in [-0.3, -0.25) is 10.1 Å². The summed E-state index contributed by atoms with van der Waals surface area (Å²) in [5.74, 6) is 0.374. The van der Waals surface area contributed by atoms with E-state index in [9.17, 15) is 15.2 Å². The quantitative estimate of drug-likeness (QED) is 0.659. The Hall–Kier alpha value is -1.62. The molecule has 0 saturated carbocycles. The second-order valence-electron chi connectivity index (χ2n) is 4.84. The standard InChI is InChI=1S/C13H18N2O3/c1-10(16)11-6-8-14(9-7-11)12-2-4-13(5-3-12)15(17)18/h2-5,10-11,16H,6-9H2,1H3. The highest BCUT2D eigenvalue weighted by Crippen LogP contribution is 2.26. The molecule has 1 N–H and O–H groups in total. The van der Waals surface area contributed by atoms with E-state index in [4.69, 9.17) is 0 Å². The van der Waals surface area contributed by atoms with E-state index < -0.39 is 0 Å². The van der Waals surface area contributed by atoms with E-state index in [0.717, 1.165) is 31.6 Å². The Morgan fingerprint density at radius 1 is 1.33 bits per heavy atom. The van der Waals surface area contributed by atoms with Gasteiger partial charge >= 0.3 is 0 Å². The van der Waals surface area contributed by atoms with Crippen molar-refractivity contribution in [2.24, 2.45) is 5.92 Å². The molecule has 2 rings (SSSR count). The predicted molar refractivity (Wildman–Crippen MR) is 69.7 cm³/mol. The summed E-state index contributed by atoms with van der Waals surface area (Å²) in [4.78, 5) is 12.4. The molecule has 1 aromatic rings. The van der Waals surface area contributed by atoms with Gasteiger partial charge < -0.3 is 10.0 Å². The maximum absolute atomic E-state index is 10.6. The molecule has 0 bridgehead atoms. The van der Waals surface area contributed by atoms with Crippen molar-refractivity contribution < 1.29 is 10.0 Å². The van der Waals surface area contributed by atoms with Gasteiger partial charge in [-0.15, -0.1) is 0 Å². The van der Waals surface area contributed by atoms with Crippen molar-refractivity contribution in [3.63, 3.8) is 0 Å². The minimum absolute atomic E-state index is 0.123. The molecule has 1 aromatic carbocycles. The molecular weight excluding hydrogens is 232 g/mol. The number of nitro groups is 1.